The molecule has 2 heterocycles. The van der Waals surface area contributed by atoms with Gasteiger partial charge in [0.05, 0.1) is 6.54 Å². The van der Waals surface area contributed by atoms with Crippen LogP contribution in [-0.2, 0) is 4.79 Å². The molecule has 0 radical (unpaired) electrons. The van der Waals surface area contributed by atoms with Crippen molar-refractivity contribution in [2.24, 2.45) is 0 Å². The number of piperazine rings is 1. The van der Waals surface area contributed by atoms with Crippen LogP contribution in [-0.4, -0.2) is 54.3 Å². The Bertz CT molecular complexity index is 1070. The van der Waals surface area contributed by atoms with Gasteiger partial charge in [0.2, 0.25) is 5.91 Å². The molecule has 0 saturated carbocycles. The normalized spacial score (nSPS) is 14.5. The van der Waals surface area contributed by atoms with Crippen LogP contribution in [0.4, 0.5) is 14.5 Å². The highest BCUT2D eigenvalue weighted by Gasteiger charge is 2.25. The van der Waals surface area contributed by atoms with Crippen LogP contribution >= 0.6 is 0 Å². The van der Waals surface area contributed by atoms with Crippen molar-refractivity contribution in [2.75, 3.05) is 38.0 Å². The third kappa shape index (κ3) is 5.16. The summed E-state index contributed by atoms with van der Waals surface area (Å²) >= 11 is 0. The van der Waals surface area contributed by atoms with Crippen molar-refractivity contribution in [1.82, 2.24) is 9.80 Å². The second kappa shape index (κ2) is 9.09. The van der Waals surface area contributed by atoms with E-state index in [4.69, 9.17) is 4.42 Å². The van der Waals surface area contributed by atoms with E-state index in [-0.39, 0.29) is 29.9 Å². The summed E-state index contributed by atoms with van der Waals surface area (Å²) in [4.78, 5) is 28.5. The van der Waals surface area contributed by atoms with E-state index in [9.17, 15) is 18.4 Å². The van der Waals surface area contributed by atoms with E-state index < -0.39 is 5.82 Å². The van der Waals surface area contributed by atoms with Crippen molar-refractivity contribution in [3.63, 3.8) is 0 Å². The van der Waals surface area contributed by atoms with Gasteiger partial charge in [0, 0.05) is 37.4 Å². The van der Waals surface area contributed by atoms with Crippen LogP contribution in [0.2, 0.25) is 0 Å². The standard InChI is InChI=1S/C23H21F2N3O3/c24-17-6-4-16(5-7-17)20-8-9-21(31-20)23(30)28-12-10-27(11-13-28)15-22(29)26-19-3-1-2-18(25)14-19/h1-9,14H,10-13,15H2,(H,26,29). The van der Waals surface area contributed by atoms with Crippen molar-refractivity contribution in [2.45, 2.75) is 0 Å². The fourth-order valence-electron chi connectivity index (χ4n) is 3.46. The summed E-state index contributed by atoms with van der Waals surface area (Å²) < 4.78 is 32.0. The van der Waals surface area contributed by atoms with Crippen molar-refractivity contribution in [3.8, 4) is 11.3 Å². The quantitative estimate of drug-likeness (QED) is 0.678. The Morgan fingerprint density at radius 3 is 2.35 bits per heavy atom. The minimum absolute atomic E-state index is 0.161. The maximum Gasteiger partial charge on any atom is 0.289 e. The first-order chi connectivity index (χ1) is 15.0. The highest BCUT2D eigenvalue weighted by molar-refractivity contribution is 5.93. The van der Waals surface area contributed by atoms with Crippen LogP contribution in [0.1, 0.15) is 10.6 Å². The molecule has 1 N–H and O–H groups in total. The number of amides is 2. The van der Waals surface area contributed by atoms with Gasteiger partial charge in [0.1, 0.15) is 17.4 Å². The lowest BCUT2D eigenvalue weighted by atomic mass is 10.2. The Hall–Kier alpha value is -3.52. The number of halogens is 2. The first-order valence-corrected chi connectivity index (χ1v) is 9.91. The predicted octanol–water partition coefficient (Wildman–Crippen LogP) is 3.62. The number of nitrogens with zero attached hydrogens (tertiary/aromatic N) is 2. The summed E-state index contributed by atoms with van der Waals surface area (Å²) in [5, 5.41) is 2.67. The molecule has 31 heavy (non-hydrogen) atoms. The minimum Gasteiger partial charge on any atom is -0.451 e. The zero-order valence-electron chi connectivity index (χ0n) is 16.7. The van der Waals surface area contributed by atoms with Crippen molar-refractivity contribution >= 4 is 17.5 Å². The van der Waals surface area contributed by atoms with Crippen LogP contribution in [0.5, 0.6) is 0 Å². The lowest BCUT2D eigenvalue weighted by molar-refractivity contribution is -0.117. The molecule has 2 aromatic carbocycles. The number of benzene rings is 2. The molecular formula is C23H21F2N3O3. The highest BCUT2D eigenvalue weighted by atomic mass is 19.1. The molecule has 0 bridgehead atoms. The number of rotatable bonds is 5. The number of nitrogens with one attached hydrogen (secondary N) is 1. The molecule has 2 amide bonds. The lowest BCUT2D eigenvalue weighted by Gasteiger charge is -2.33. The summed E-state index contributed by atoms with van der Waals surface area (Å²) in [5.74, 6) is -0.496. The Labute approximate surface area is 178 Å². The van der Waals surface area contributed by atoms with Gasteiger partial charge >= 0.3 is 0 Å². The number of hydrogen-bond donors (Lipinski definition) is 1. The van der Waals surface area contributed by atoms with Crippen LogP contribution in [0, 0.1) is 11.6 Å². The summed E-state index contributed by atoms with van der Waals surface area (Å²) in [6, 6.07) is 14.9. The number of carbonyl (C=O) groups is 2. The van der Waals surface area contributed by atoms with Gasteiger partial charge in [-0.2, -0.15) is 0 Å². The monoisotopic (exact) mass is 425 g/mol. The maximum absolute atomic E-state index is 13.2. The van der Waals surface area contributed by atoms with Crippen LogP contribution in [0.3, 0.4) is 0 Å². The molecule has 0 atom stereocenters. The van der Waals surface area contributed by atoms with Gasteiger partial charge in [-0.05, 0) is 54.6 Å². The summed E-state index contributed by atoms with van der Waals surface area (Å²) in [5.41, 5.74) is 1.10. The summed E-state index contributed by atoms with van der Waals surface area (Å²) in [7, 11) is 0. The van der Waals surface area contributed by atoms with Gasteiger partial charge in [0.25, 0.3) is 5.91 Å². The molecule has 1 fully saturated rings. The molecule has 1 aromatic heterocycles. The van der Waals surface area contributed by atoms with Gasteiger partial charge in [-0.25, -0.2) is 8.78 Å². The van der Waals surface area contributed by atoms with Gasteiger partial charge < -0.3 is 14.6 Å². The molecule has 6 nitrogen and oxygen atoms in total. The molecule has 0 spiro atoms. The van der Waals surface area contributed by atoms with Crippen molar-refractivity contribution in [1.29, 1.82) is 0 Å². The fourth-order valence-corrected chi connectivity index (χ4v) is 3.46. The predicted molar refractivity (Wildman–Crippen MR) is 111 cm³/mol. The van der Waals surface area contributed by atoms with Gasteiger partial charge in [-0.1, -0.05) is 6.07 Å². The first-order valence-electron chi connectivity index (χ1n) is 9.91. The average Bonchev–Trinajstić information content (AvgIpc) is 3.24. The Morgan fingerprint density at radius 1 is 0.903 bits per heavy atom. The molecule has 4 rings (SSSR count). The molecule has 1 saturated heterocycles. The zero-order valence-corrected chi connectivity index (χ0v) is 16.7. The molecule has 160 valence electrons. The zero-order chi connectivity index (χ0) is 21.8. The summed E-state index contributed by atoms with van der Waals surface area (Å²) in [6.45, 7) is 2.15. The van der Waals surface area contributed by atoms with E-state index in [0.717, 1.165) is 0 Å². The molecule has 3 aromatic rings. The largest absolute Gasteiger partial charge is 0.451 e. The molecule has 0 unspecified atom stereocenters. The number of furan rings is 1. The Morgan fingerprint density at radius 2 is 1.65 bits per heavy atom. The second-order valence-corrected chi connectivity index (χ2v) is 7.30. The molecular weight excluding hydrogens is 404 g/mol. The third-order valence-corrected chi connectivity index (χ3v) is 5.08. The van der Waals surface area contributed by atoms with Crippen molar-refractivity contribution < 1.29 is 22.8 Å². The maximum atomic E-state index is 13.2. The van der Waals surface area contributed by atoms with E-state index >= 15 is 0 Å². The molecule has 1 aliphatic rings. The average molecular weight is 425 g/mol. The first kappa shape index (κ1) is 20.7. The molecule has 0 aliphatic carbocycles. The highest BCUT2D eigenvalue weighted by Crippen LogP contribution is 2.23. The molecule has 8 heteroatoms. The van der Waals surface area contributed by atoms with E-state index in [2.05, 4.69) is 5.32 Å². The van der Waals surface area contributed by atoms with Crippen molar-refractivity contribution in [3.05, 3.63) is 78.1 Å². The SMILES string of the molecule is O=C(CN1CCN(C(=O)c2ccc(-c3ccc(F)cc3)o2)CC1)Nc1cccc(F)c1. The number of hydrogen-bond acceptors (Lipinski definition) is 4. The van der Waals surface area contributed by atoms with E-state index in [0.29, 0.717) is 43.2 Å². The van der Waals surface area contributed by atoms with E-state index in [1.165, 1.54) is 30.3 Å². The third-order valence-electron chi connectivity index (χ3n) is 5.08. The second-order valence-electron chi connectivity index (χ2n) is 7.30. The van der Waals surface area contributed by atoms with Gasteiger partial charge in [0.15, 0.2) is 5.76 Å². The smallest absolute Gasteiger partial charge is 0.289 e. The minimum atomic E-state index is -0.412. The topological polar surface area (TPSA) is 65.8 Å². The van der Waals surface area contributed by atoms with Gasteiger partial charge in [-0.15, -0.1) is 0 Å². The van der Waals surface area contributed by atoms with Crippen LogP contribution in [0.15, 0.2) is 65.1 Å². The van der Waals surface area contributed by atoms with E-state index in [1.807, 2.05) is 4.90 Å². The lowest BCUT2D eigenvalue weighted by Crippen LogP contribution is -2.50. The summed E-state index contributed by atoms with van der Waals surface area (Å²) in [6.07, 6.45) is 0. The van der Waals surface area contributed by atoms with Crippen LogP contribution in [0.25, 0.3) is 11.3 Å². The Kier molecular flexibility index (Phi) is 6.08. The number of anilines is 1. The van der Waals surface area contributed by atoms with Crippen LogP contribution < -0.4 is 5.32 Å². The molecule has 1 aliphatic heterocycles. The van der Waals surface area contributed by atoms with E-state index in [1.54, 1.807) is 35.2 Å². The Balaban J connectivity index is 1.29. The number of carbonyl (C=O) groups excluding carboxylic acids is 2. The van der Waals surface area contributed by atoms with Gasteiger partial charge in [-0.3, -0.25) is 14.5 Å². The fraction of sp³-hybridized carbons (Fsp3) is 0.217.